The number of hydrogen-bond acceptors (Lipinski definition) is 6. The molecule has 1 aliphatic heterocycles. The molecule has 0 amide bonds. The molecule has 1 heterocycles. The summed E-state index contributed by atoms with van der Waals surface area (Å²) in [6.07, 6.45) is 2.50. The summed E-state index contributed by atoms with van der Waals surface area (Å²) in [5, 5.41) is 33.1. The average molecular weight is 309 g/mol. The number of aliphatic hydroxyl groups is 1. The summed E-state index contributed by atoms with van der Waals surface area (Å²) in [6.45, 7) is 4.04. The van der Waals surface area contributed by atoms with E-state index in [1.807, 2.05) is 0 Å². The van der Waals surface area contributed by atoms with E-state index in [0.29, 0.717) is 12.1 Å². The van der Waals surface area contributed by atoms with Gasteiger partial charge in [-0.05, 0) is 38.4 Å². The lowest BCUT2D eigenvalue weighted by Crippen LogP contribution is -2.37. The lowest BCUT2D eigenvalue weighted by molar-refractivity contribution is -0.384. The van der Waals surface area contributed by atoms with Gasteiger partial charge in [0.15, 0.2) is 0 Å². The third kappa shape index (κ3) is 4.94. The van der Waals surface area contributed by atoms with Gasteiger partial charge in [-0.3, -0.25) is 10.1 Å². The van der Waals surface area contributed by atoms with Crippen LogP contribution in [0.4, 0.5) is 5.69 Å². The second kappa shape index (κ2) is 8.07. The van der Waals surface area contributed by atoms with Gasteiger partial charge in [-0.2, -0.15) is 0 Å². The Balaban J connectivity index is 1.68. The summed E-state index contributed by atoms with van der Waals surface area (Å²) in [5.41, 5.74) is 0.525. The minimum atomic E-state index is -0.465. The number of aromatic hydroxyl groups is 1. The van der Waals surface area contributed by atoms with Gasteiger partial charge >= 0.3 is 0 Å². The first kappa shape index (κ1) is 16.7. The zero-order valence-corrected chi connectivity index (χ0v) is 12.6. The zero-order chi connectivity index (χ0) is 15.9. The Morgan fingerprint density at radius 3 is 2.77 bits per heavy atom. The number of non-ortho nitro benzene ring substituents is 1. The molecule has 1 fully saturated rings. The molecule has 0 aliphatic carbocycles. The number of hydrogen-bond donors (Lipinski definition) is 3. The van der Waals surface area contributed by atoms with E-state index in [4.69, 9.17) is 0 Å². The first-order chi connectivity index (χ1) is 10.6. The fraction of sp³-hybridized carbons (Fsp3) is 0.600. The Hall–Kier alpha value is -1.70. The van der Waals surface area contributed by atoms with Gasteiger partial charge in [0.05, 0.1) is 11.0 Å². The molecule has 7 nitrogen and oxygen atoms in total. The summed E-state index contributed by atoms with van der Waals surface area (Å²) < 4.78 is 0. The Morgan fingerprint density at radius 2 is 2.09 bits per heavy atom. The fourth-order valence-corrected chi connectivity index (χ4v) is 2.62. The van der Waals surface area contributed by atoms with E-state index in [1.54, 1.807) is 0 Å². The maximum atomic E-state index is 10.7. The normalized spacial score (nSPS) is 16.8. The highest BCUT2D eigenvalue weighted by molar-refractivity contribution is 5.42. The van der Waals surface area contributed by atoms with Crippen LogP contribution in [0.15, 0.2) is 18.2 Å². The van der Waals surface area contributed by atoms with Crippen LogP contribution in [0.3, 0.4) is 0 Å². The standard InChI is InChI=1S/C15H23N3O4/c19-14-4-8-17(9-5-14)7-1-6-16-11-12-10-13(18(21)22)2-3-15(12)20/h2-3,10,14,16,19-20H,1,4-9,11H2. The van der Waals surface area contributed by atoms with Crippen molar-refractivity contribution in [2.75, 3.05) is 26.2 Å². The number of phenols is 1. The smallest absolute Gasteiger partial charge is 0.270 e. The molecule has 22 heavy (non-hydrogen) atoms. The molecule has 0 aromatic heterocycles. The number of rotatable bonds is 7. The molecule has 0 unspecified atom stereocenters. The van der Waals surface area contributed by atoms with Gasteiger partial charge in [0.1, 0.15) is 5.75 Å². The summed E-state index contributed by atoms with van der Waals surface area (Å²) in [7, 11) is 0. The van der Waals surface area contributed by atoms with Crippen molar-refractivity contribution in [1.82, 2.24) is 10.2 Å². The molecule has 2 rings (SSSR count). The molecule has 7 heteroatoms. The Morgan fingerprint density at radius 1 is 1.36 bits per heavy atom. The largest absolute Gasteiger partial charge is 0.508 e. The van der Waals surface area contributed by atoms with Gasteiger partial charge in [0.25, 0.3) is 5.69 Å². The lowest BCUT2D eigenvalue weighted by atomic mass is 10.1. The molecule has 0 atom stereocenters. The minimum absolute atomic E-state index is 0.0125. The number of likely N-dealkylation sites (tertiary alicyclic amines) is 1. The molecule has 3 N–H and O–H groups in total. The number of aliphatic hydroxyl groups excluding tert-OH is 1. The highest BCUT2D eigenvalue weighted by Crippen LogP contribution is 2.22. The van der Waals surface area contributed by atoms with Gasteiger partial charge in [-0.15, -0.1) is 0 Å². The molecule has 0 radical (unpaired) electrons. The Kier molecular flexibility index (Phi) is 6.11. The van der Waals surface area contributed by atoms with Crippen LogP contribution in [-0.4, -0.2) is 52.3 Å². The van der Waals surface area contributed by atoms with E-state index in [1.165, 1.54) is 18.2 Å². The Labute approximate surface area is 129 Å². The molecular weight excluding hydrogens is 286 g/mol. The molecular formula is C15H23N3O4. The lowest BCUT2D eigenvalue weighted by Gasteiger charge is -2.29. The van der Waals surface area contributed by atoms with Crippen molar-refractivity contribution < 1.29 is 15.1 Å². The van der Waals surface area contributed by atoms with Crippen molar-refractivity contribution in [3.05, 3.63) is 33.9 Å². The summed E-state index contributed by atoms with van der Waals surface area (Å²) in [4.78, 5) is 12.6. The number of benzene rings is 1. The number of nitrogens with zero attached hydrogens (tertiary/aromatic N) is 2. The number of nitro groups is 1. The van der Waals surface area contributed by atoms with E-state index in [2.05, 4.69) is 10.2 Å². The van der Waals surface area contributed by atoms with Crippen LogP contribution in [0.1, 0.15) is 24.8 Å². The van der Waals surface area contributed by atoms with Gasteiger partial charge < -0.3 is 20.4 Å². The van der Waals surface area contributed by atoms with Gasteiger partial charge in [-0.25, -0.2) is 0 Å². The topological polar surface area (TPSA) is 98.9 Å². The number of piperidine rings is 1. The zero-order valence-electron chi connectivity index (χ0n) is 12.6. The SMILES string of the molecule is O=[N+]([O-])c1ccc(O)c(CNCCCN2CCC(O)CC2)c1. The third-order valence-corrected chi connectivity index (χ3v) is 3.97. The van der Waals surface area contributed by atoms with Crippen molar-refractivity contribution >= 4 is 5.69 Å². The van der Waals surface area contributed by atoms with E-state index >= 15 is 0 Å². The summed E-state index contributed by atoms with van der Waals surface area (Å²) in [5.74, 6) is 0.0723. The van der Waals surface area contributed by atoms with Crippen molar-refractivity contribution in [2.45, 2.75) is 31.9 Å². The van der Waals surface area contributed by atoms with Gasteiger partial charge in [-0.1, -0.05) is 0 Å². The highest BCUT2D eigenvalue weighted by atomic mass is 16.6. The van der Waals surface area contributed by atoms with E-state index < -0.39 is 4.92 Å². The molecule has 0 bridgehead atoms. The summed E-state index contributed by atoms with van der Waals surface area (Å²) >= 11 is 0. The molecule has 1 aromatic rings. The predicted octanol–water partition coefficient (Wildman–Crippen LogP) is 1.24. The van der Waals surface area contributed by atoms with Crippen LogP contribution in [0.25, 0.3) is 0 Å². The summed E-state index contributed by atoms with van der Waals surface area (Å²) in [6, 6.07) is 4.05. The van der Waals surface area contributed by atoms with Crippen molar-refractivity contribution in [3.63, 3.8) is 0 Å². The maximum Gasteiger partial charge on any atom is 0.270 e. The van der Waals surface area contributed by atoms with Crippen LogP contribution in [-0.2, 0) is 6.54 Å². The van der Waals surface area contributed by atoms with E-state index in [0.717, 1.165) is 45.4 Å². The van der Waals surface area contributed by atoms with E-state index in [-0.39, 0.29) is 17.5 Å². The Bertz CT molecular complexity index is 502. The molecule has 122 valence electrons. The average Bonchev–Trinajstić information content (AvgIpc) is 2.50. The van der Waals surface area contributed by atoms with Gasteiger partial charge in [0, 0.05) is 37.3 Å². The second-order valence-electron chi connectivity index (χ2n) is 5.67. The molecule has 1 aliphatic rings. The first-order valence-corrected chi connectivity index (χ1v) is 7.63. The van der Waals surface area contributed by atoms with Crippen LogP contribution in [0, 0.1) is 10.1 Å². The van der Waals surface area contributed by atoms with Gasteiger partial charge in [0.2, 0.25) is 0 Å². The molecule has 0 spiro atoms. The minimum Gasteiger partial charge on any atom is -0.508 e. The second-order valence-corrected chi connectivity index (χ2v) is 5.67. The maximum absolute atomic E-state index is 10.7. The van der Waals surface area contributed by atoms with Crippen molar-refractivity contribution in [2.24, 2.45) is 0 Å². The van der Waals surface area contributed by atoms with Crippen molar-refractivity contribution in [3.8, 4) is 5.75 Å². The van der Waals surface area contributed by atoms with Crippen molar-refractivity contribution in [1.29, 1.82) is 0 Å². The monoisotopic (exact) mass is 309 g/mol. The molecule has 1 saturated heterocycles. The predicted molar refractivity (Wildman–Crippen MR) is 82.8 cm³/mol. The molecule has 1 aromatic carbocycles. The number of phenolic OH excluding ortho intramolecular Hbond substituents is 1. The first-order valence-electron chi connectivity index (χ1n) is 7.63. The fourth-order valence-electron chi connectivity index (χ4n) is 2.62. The van der Waals surface area contributed by atoms with Crippen LogP contribution >= 0.6 is 0 Å². The van der Waals surface area contributed by atoms with Crippen LogP contribution in [0.5, 0.6) is 5.75 Å². The van der Waals surface area contributed by atoms with Crippen LogP contribution < -0.4 is 5.32 Å². The quantitative estimate of drug-likeness (QED) is 0.398. The third-order valence-electron chi connectivity index (χ3n) is 3.97. The van der Waals surface area contributed by atoms with Crippen LogP contribution in [0.2, 0.25) is 0 Å². The van der Waals surface area contributed by atoms with E-state index in [9.17, 15) is 20.3 Å². The molecule has 0 saturated carbocycles. The number of nitrogens with one attached hydrogen (secondary N) is 1. The number of nitro benzene ring substituents is 1. The highest BCUT2D eigenvalue weighted by Gasteiger charge is 2.16.